The molecule has 3 rings (SSSR count). The van der Waals surface area contributed by atoms with E-state index in [0.717, 1.165) is 5.56 Å². The molecule has 0 bridgehead atoms. The van der Waals surface area contributed by atoms with Crippen LogP contribution in [-0.4, -0.2) is 27.1 Å². The minimum Gasteiger partial charge on any atom is -0.508 e. The van der Waals surface area contributed by atoms with Crippen molar-refractivity contribution in [2.75, 3.05) is 0 Å². The van der Waals surface area contributed by atoms with Crippen molar-refractivity contribution in [2.24, 2.45) is 0 Å². The first-order valence-corrected chi connectivity index (χ1v) is 9.06. The summed E-state index contributed by atoms with van der Waals surface area (Å²) in [6, 6.07) is 11.0. The summed E-state index contributed by atoms with van der Waals surface area (Å²) in [5.41, 5.74) is -0.0898. The number of benzene rings is 1. The molecule has 1 aromatic heterocycles. The molecule has 142 valence electrons. The van der Waals surface area contributed by atoms with E-state index in [-0.39, 0.29) is 11.5 Å². The second kappa shape index (κ2) is 6.82. The maximum atomic E-state index is 13.1. The molecule has 1 aromatic carbocycles. The second-order valence-corrected chi connectivity index (χ2v) is 7.62. The number of aromatic nitrogens is 1. The summed E-state index contributed by atoms with van der Waals surface area (Å²) in [6.45, 7) is 8.98. The Morgan fingerprint density at radius 1 is 1.11 bits per heavy atom. The first-order valence-electron chi connectivity index (χ1n) is 9.06. The van der Waals surface area contributed by atoms with Crippen molar-refractivity contribution in [1.29, 1.82) is 0 Å². The number of nitrogens with zero attached hydrogens (tertiary/aromatic N) is 1. The Morgan fingerprint density at radius 2 is 1.85 bits per heavy atom. The lowest BCUT2D eigenvalue weighted by Crippen LogP contribution is -2.49. The Kier molecular flexibility index (Phi) is 4.82. The maximum Gasteiger partial charge on any atom is 0.219 e. The van der Waals surface area contributed by atoms with Gasteiger partial charge in [0.15, 0.2) is 5.78 Å². The molecule has 0 amide bonds. The van der Waals surface area contributed by atoms with Crippen LogP contribution in [0.2, 0.25) is 0 Å². The summed E-state index contributed by atoms with van der Waals surface area (Å²) >= 11 is 0. The Bertz CT molecular complexity index is 898. The highest BCUT2D eigenvalue weighted by atomic mass is 16.5. The van der Waals surface area contributed by atoms with Crippen LogP contribution in [0.1, 0.15) is 45.7 Å². The number of ether oxygens (including phenoxy) is 2. The zero-order valence-corrected chi connectivity index (χ0v) is 16.4. The number of ketones is 1. The summed E-state index contributed by atoms with van der Waals surface area (Å²) in [5, 5.41) is 10.8. The predicted octanol–water partition coefficient (Wildman–Crippen LogP) is 4.86. The lowest BCUT2D eigenvalue weighted by atomic mass is 9.81. The van der Waals surface area contributed by atoms with Gasteiger partial charge in [-0.3, -0.25) is 4.79 Å². The van der Waals surface area contributed by atoms with Crippen molar-refractivity contribution in [3.05, 3.63) is 59.5 Å². The van der Waals surface area contributed by atoms with Crippen LogP contribution in [-0.2, 0) is 16.0 Å². The Balaban J connectivity index is 2.14. The SMILES string of the molecule is CCc1ccc(Oc2ccccn2)cc1C1=C(O)C(C)(C)OC(C)(C)C1=O. The van der Waals surface area contributed by atoms with Gasteiger partial charge in [0.2, 0.25) is 5.88 Å². The van der Waals surface area contributed by atoms with Gasteiger partial charge in [0.05, 0.1) is 5.57 Å². The number of carbonyl (C=O) groups excluding carboxylic acids is 1. The van der Waals surface area contributed by atoms with E-state index in [9.17, 15) is 9.90 Å². The van der Waals surface area contributed by atoms with E-state index < -0.39 is 11.2 Å². The molecule has 5 nitrogen and oxygen atoms in total. The van der Waals surface area contributed by atoms with E-state index in [0.29, 0.717) is 29.2 Å². The number of aryl methyl sites for hydroxylation is 1. The molecule has 0 unspecified atom stereocenters. The fourth-order valence-corrected chi connectivity index (χ4v) is 3.38. The van der Waals surface area contributed by atoms with Crippen LogP contribution >= 0.6 is 0 Å². The molecular formula is C22H25NO4. The summed E-state index contributed by atoms with van der Waals surface area (Å²) in [5.74, 6) is 0.710. The first kappa shape index (κ1) is 19.1. The van der Waals surface area contributed by atoms with Gasteiger partial charge in [0, 0.05) is 12.3 Å². The van der Waals surface area contributed by atoms with Crippen molar-refractivity contribution in [2.45, 2.75) is 52.2 Å². The lowest BCUT2D eigenvalue weighted by molar-refractivity contribution is -0.158. The van der Waals surface area contributed by atoms with Crippen molar-refractivity contribution >= 4 is 11.4 Å². The second-order valence-electron chi connectivity index (χ2n) is 7.62. The van der Waals surface area contributed by atoms with E-state index in [1.54, 1.807) is 46.0 Å². The summed E-state index contributed by atoms with van der Waals surface area (Å²) in [7, 11) is 0. The summed E-state index contributed by atoms with van der Waals surface area (Å²) in [4.78, 5) is 17.3. The molecule has 1 N–H and O–H groups in total. The highest BCUT2D eigenvalue weighted by Crippen LogP contribution is 2.41. The molecule has 0 aliphatic carbocycles. The van der Waals surface area contributed by atoms with Crippen LogP contribution in [0.4, 0.5) is 0 Å². The number of hydrogen-bond acceptors (Lipinski definition) is 5. The lowest BCUT2D eigenvalue weighted by Gasteiger charge is -2.40. The molecule has 5 heteroatoms. The highest BCUT2D eigenvalue weighted by Gasteiger charge is 2.47. The zero-order chi connectivity index (χ0) is 19.8. The number of aliphatic hydroxyl groups excluding tert-OH is 1. The first-order chi connectivity index (χ1) is 12.7. The molecule has 0 saturated carbocycles. The number of rotatable bonds is 4. The molecule has 0 saturated heterocycles. The van der Waals surface area contributed by atoms with Crippen LogP contribution in [0, 0.1) is 0 Å². The summed E-state index contributed by atoms with van der Waals surface area (Å²) < 4.78 is 11.7. The monoisotopic (exact) mass is 367 g/mol. The Hall–Kier alpha value is -2.66. The molecule has 1 aliphatic rings. The highest BCUT2D eigenvalue weighted by molar-refractivity contribution is 6.26. The standard InChI is InChI=1S/C22H25NO4/c1-6-14-10-11-15(26-17-9-7-8-12-23-17)13-16(14)18-19(24)21(2,3)27-22(4,5)20(18)25/h7-13,24H,6H2,1-5H3. The largest absolute Gasteiger partial charge is 0.508 e. The van der Waals surface area contributed by atoms with Gasteiger partial charge in [-0.1, -0.05) is 19.1 Å². The molecule has 0 radical (unpaired) electrons. The predicted molar refractivity (Wildman–Crippen MR) is 104 cm³/mol. The van der Waals surface area contributed by atoms with Crippen molar-refractivity contribution in [1.82, 2.24) is 4.98 Å². The number of Topliss-reactive ketones (excluding diaryl/α,β-unsaturated/α-hetero) is 1. The van der Waals surface area contributed by atoms with Crippen LogP contribution in [0.25, 0.3) is 5.57 Å². The molecule has 1 aliphatic heterocycles. The number of hydrogen-bond donors (Lipinski definition) is 1. The van der Waals surface area contributed by atoms with Gasteiger partial charge < -0.3 is 14.6 Å². The van der Waals surface area contributed by atoms with Gasteiger partial charge in [-0.25, -0.2) is 4.98 Å². The third kappa shape index (κ3) is 3.60. The van der Waals surface area contributed by atoms with E-state index in [4.69, 9.17) is 9.47 Å². The third-order valence-corrected chi connectivity index (χ3v) is 4.68. The topological polar surface area (TPSA) is 68.7 Å². The zero-order valence-electron chi connectivity index (χ0n) is 16.4. The maximum absolute atomic E-state index is 13.1. The van der Waals surface area contributed by atoms with Crippen molar-refractivity contribution < 1.29 is 19.4 Å². The molecule has 0 fully saturated rings. The average Bonchev–Trinajstić information content (AvgIpc) is 2.61. The number of pyridine rings is 1. The van der Waals surface area contributed by atoms with Gasteiger partial charge in [0.1, 0.15) is 22.7 Å². The van der Waals surface area contributed by atoms with E-state index in [2.05, 4.69) is 4.98 Å². The van der Waals surface area contributed by atoms with Gasteiger partial charge in [-0.05, 0) is 63.4 Å². The minimum absolute atomic E-state index is 0.0588. The van der Waals surface area contributed by atoms with Gasteiger partial charge >= 0.3 is 0 Å². The molecule has 2 aromatic rings. The fourth-order valence-electron chi connectivity index (χ4n) is 3.38. The fraction of sp³-hybridized carbons (Fsp3) is 0.364. The van der Waals surface area contributed by atoms with Crippen LogP contribution in [0.5, 0.6) is 11.6 Å². The van der Waals surface area contributed by atoms with Crippen molar-refractivity contribution in [3.8, 4) is 11.6 Å². The van der Waals surface area contributed by atoms with Gasteiger partial charge in [-0.2, -0.15) is 0 Å². The van der Waals surface area contributed by atoms with Crippen LogP contribution < -0.4 is 4.74 Å². The van der Waals surface area contributed by atoms with E-state index >= 15 is 0 Å². The molecule has 2 heterocycles. The molecule has 0 atom stereocenters. The minimum atomic E-state index is -1.03. The van der Waals surface area contributed by atoms with E-state index in [1.807, 2.05) is 31.2 Å². The third-order valence-electron chi connectivity index (χ3n) is 4.68. The molecule has 27 heavy (non-hydrogen) atoms. The normalized spacial score (nSPS) is 18.5. The van der Waals surface area contributed by atoms with Gasteiger partial charge in [0.25, 0.3) is 0 Å². The quantitative estimate of drug-likeness (QED) is 0.835. The Morgan fingerprint density at radius 3 is 2.48 bits per heavy atom. The van der Waals surface area contributed by atoms with Crippen LogP contribution in [0.15, 0.2) is 48.4 Å². The number of carbonyl (C=O) groups is 1. The Labute approximate surface area is 159 Å². The smallest absolute Gasteiger partial charge is 0.219 e. The van der Waals surface area contributed by atoms with Gasteiger partial charge in [-0.15, -0.1) is 0 Å². The van der Waals surface area contributed by atoms with Crippen LogP contribution in [0.3, 0.4) is 0 Å². The average molecular weight is 367 g/mol. The molecular weight excluding hydrogens is 342 g/mol. The number of aliphatic hydroxyl groups is 1. The summed E-state index contributed by atoms with van der Waals surface area (Å²) in [6.07, 6.45) is 2.36. The van der Waals surface area contributed by atoms with E-state index in [1.165, 1.54) is 0 Å². The van der Waals surface area contributed by atoms with Crippen molar-refractivity contribution in [3.63, 3.8) is 0 Å². The molecule has 0 spiro atoms.